The molecule has 28 heavy (non-hydrogen) atoms. The first-order chi connectivity index (χ1) is 13.5. The number of aryl methyl sites for hydroxylation is 2. The lowest BCUT2D eigenvalue weighted by atomic mass is 10.2. The van der Waals surface area contributed by atoms with Crippen molar-refractivity contribution in [2.24, 2.45) is 0 Å². The molecule has 0 aliphatic carbocycles. The number of carbonyl (C=O) groups is 1. The Morgan fingerprint density at radius 1 is 1.29 bits per heavy atom. The molecule has 1 aromatic carbocycles. The van der Waals surface area contributed by atoms with Crippen LogP contribution >= 0.6 is 0 Å². The summed E-state index contributed by atoms with van der Waals surface area (Å²) >= 11 is 0. The summed E-state index contributed by atoms with van der Waals surface area (Å²) < 4.78 is 16.9. The number of nitrogens with one attached hydrogen (secondary N) is 1. The van der Waals surface area contributed by atoms with Crippen LogP contribution in [0.3, 0.4) is 0 Å². The van der Waals surface area contributed by atoms with Crippen LogP contribution in [0.1, 0.15) is 24.0 Å². The van der Waals surface area contributed by atoms with E-state index in [-0.39, 0.29) is 30.3 Å². The molecule has 9 heteroatoms. The lowest BCUT2D eigenvalue weighted by Crippen LogP contribution is -2.34. The summed E-state index contributed by atoms with van der Waals surface area (Å²) in [5.41, 5.74) is 1.10. The van der Waals surface area contributed by atoms with Crippen LogP contribution in [0.5, 0.6) is 11.5 Å². The lowest BCUT2D eigenvalue weighted by Gasteiger charge is -2.13. The number of hydrogen-bond donors (Lipinski definition) is 1. The first-order valence-electron chi connectivity index (χ1n) is 8.81. The summed E-state index contributed by atoms with van der Waals surface area (Å²) in [6.45, 7) is 3.63. The summed E-state index contributed by atoms with van der Waals surface area (Å²) in [6, 6.07) is 5.35. The third-order valence-corrected chi connectivity index (χ3v) is 4.43. The highest BCUT2D eigenvalue weighted by atomic mass is 16.5. The molecule has 0 bridgehead atoms. The molecule has 3 aromatic rings. The Labute approximate surface area is 161 Å². The maximum Gasteiger partial charge on any atom is 0.267 e. The number of rotatable bonds is 7. The molecule has 0 fully saturated rings. The van der Waals surface area contributed by atoms with Crippen LogP contribution < -0.4 is 20.3 Å². The number of hydrogen-bond acceptors (Lipinski definition) is 7. The van der Waals surface area contributed by atoms with Crippen molar-refractivity contribution in [2.75, 3.05) is 14.2 Å². The maximum absolute atomic E-state index is 12.8. The van der Waals surface area contributed by atoms with Crippen LogP contribution in [-0.2, 0) is 24.3 Å². The molecule has 1 N–H and O–H groups in total. The van der Waals surface area contributed by atoms with Crippen molar-refractivity contribution in [3.8, 4) is 11.5 Å². The number of amides is 1. The van der Waals surface area contributed by atoms with Gasteiger partial charge in [0.25, 0.3) is 11.3 Å². The van der Waals surface area contributed by atoms with Gasteiger partial charge in [0.1, 0.15) is 29.3 Å². The minimum absolute atomic E-state index is 0.145. The monoisotopic (exact) mass is 386 g/mol. The van der Waals surface area contributed by atoms with Gasteiger partial charge >= 0.3 is 0 Å². The van der Waals surface area contributed by atoms with E-state index in [2.05, 4.69) is 15.5 Å². The van der Waals surface area contributed by atoms with E-state index in [0.717, 1.165) is 5.56 Å². The number of ether oxygens (including phenoxy) is 2. The summed E-state index contributed by atoms with van der Waals surface area (Å²) in [5, 5.41) is 6.89. The van der Waals surface area contributed by atoms with E-state index < -0.39 is 0 Å². The SMILES string of the molecule is CCc1nc2onc(C)c2c(=O)n1CC(=O)NCc1ccc(OC)cc1OC. The number of aromatic nitrogens is 3. The topological polar surface area (TPSA) is 108 Å². The number of benzene rings is 1. The zero-order valence-electron chi connectivity index (χ0n) is 16.2. The minimum atomic E-state index is -0.335. The van der Waals surface area contributed by atoms with E-state index in [1.54, 1.807) is 33.3 Å². The Bertz CT molecular complexity index is 1070. The molecule has 0 saturated heterocycles. The molecule has 0 atom stereocenters. The Morgan fingerprint density at radius 2 is 2.07 bits per heavy atom. The van der Waals surface area contributed by atoms with Crippen molar-refractivity contribution in [1.29, 1.82) is 0 Å². The van der Waals surface area contributed by atoms with Crippen LogP contribution in [0.2, 0.25) is 0 Å². The molecule has 2 heterocycles. The summed E-state index contributed by atoms with van der Waals surface area (Å²) in [5.74, 6) is 1.42. The molecule has 1 amide bonds. The van der Waals surface area contributed by atoms with E-state index in [9.17, 15) is 9.59 Å². The smallest absolute Gasteiger partial charge is 0.267 e. The second kappa shape index (κ2) is 8.12. The third kappa shape index (κ3) is 3.68. The highest BCUT2D eigenvalue weighted by Gasteiger charge is 2.18. The van der Waals surface area contributed by atoms with Gasteiger partial charge in [-0.25, -0.2) is 0 Å². The van der Waals surface area contributed by atoms with Crippen molar-refractivity contribution in [2.45, 2.75) is 33.4 Å². The Hall–Kier alpha value is -3.36. The fourth-order valence-electron chi connectivity index (χ4n) is 2.93. The average Bonchev–Trinajstić information content (AvgIpc) is 3.08. The van der Waals surface area contributed by atoms with Crippen molar-refractivity contribution < 1.29 is 18.8 Å². The first kappa shape index (κ1) is 19.4. The van der Waals surface area contributed by atoms with Gasteiger partial charge in [-0.1, -0.05) is 12.1 Å². The Morgan fingerprint density at radius 3 is 2.75 bits per heavy atom. The predicted molar refractivity (Wildman–Crippen MR) is 102 cm³/mol. The molecule has 9 nitrogen and oxygen atoms in total. The zero-order valence-corrected chi connectivity index (χ0v) is 16.2. The van der Waals surface area contributed by atoms with E-state index >= 15 is 0 Å². The summed E-state index contributed by atoms with van der Waals surface area (Å²) in [7, 11) is 3.12. The molecule has 2 aromatic heterocycles. The minimum Gasteiger partial charge on any atom is -0.497 e. The largest absolute Gasteiger partial charge is 0.497 e. The highest BCUT2D eigenvalue weighted by molar-refractivity contribution is 5.78. The molecule has 0 aliphatic heterocycles. The second-order valence-corrected chi connectivity index (χ2v) is 6.18. The third-order valence-electron chi connectivity index (χ3n) is 4.43. The molecule has 0 aliphatic rings. The van der Waals surface area contributed by atoms with Gasteiger partial charge in [-0.3, -0.25) is 14.2 Å². The van der Waals surface area contributed by atoms with Gasteiger partial charge in [-0.2, -0.15) is 4.98 Å². The lowest BCUT2D eigenvalue weighted by molar-refractivity contribution is -0.121. The number of nitrogens with zero attached hydrogens (tertiary/aromatic N) is 3. The van der Waals surface area contributed by atoms with Crippen LogP contribution in [0.15, 0.2) is 27.5 Å². The van der Waals surface area contributed by atoms with Crippen LogP contribution in [-0.4, -0.2) is 34.8 Å². The van der Waals surface area contributed by atoms with Crippen molar-refractivity contribution in [3.05, 3.63) is 45.6 Å². The Kier molecular flexibility index (Phi) is 5.62. The molecule has 0 radical (unpaired) electrons. The van der Waals surface area contributed by atoms with Crippen molar-refractivity contribution >= 4 is 17.0 Å². The fraction of sp³-hybridized carbons (Fsp3) is 0.368. The number of fused-ring (bicyclic) bond motifs is 1. The van der Waals surface area contributed by atoms with Gasteiger partial charge in [-0.05, 0) is 19.1 Å². The zero-order chi connectivity index (χ0) is 20.3. The summed E-state index contributed by atoms with van der Waals surface area (Å²) in [6.07, 6.45) is 0.477. The van der Waals surface area contributed by atoms with Crippen molar-refractivity contribution in [1.82, 2.24) is 20.0 Å². The maximum atomic E-state index is 12.8. The van der Waals surface area contributed by atoms with Gasteiger partial charge in [0, 0.05) is 24.6 Å². The fourth-order valence-corrected chi connectivity index (χ4v) is 2.93. The standard InChI is InChI=1S/C19H22N4O5/c1-5-15-21-18-17(11(2)22-28-18)19(25)23(15)10-16(24)20-9-12-6-7-13(26-3)8-14(12)27-4/h6-8H,5,9-10H2,1-4H3,(H,20,24). The number of methoxy groups -OCH3 is 2. The average molecular weight is 386 g/mol. The van der Waals surface area contributed by atoms with E-state index in [1.165, 1.54) is 4.57 Å². The molecular weight excluding hydrogens is 364 g/mol. The molecule has 0 spiro atoms. The van der Waals surface area contributed by atoms with E-state index in [0.29, 0.717) is 34.8 Å². The molecule has 148 valence electrons. The first-order valence-corrected chi connectivity index (χ1v) is 8.81. The number of carbonyl (C=O) groups excluding carboxylic acids is 1. The second-order valence-electron chi connectivity index (χ2n) is 6.18. The highest BCUT2D eigenvalue weighted by Crippen LogP contribution is 2.24. The van der Waals surface area contributed by atoms with Gasteiger partial charge < -0.3 is 19.3 Å². The van der Waals surface area contributed by atoms with Crippen LogP contribution in [0, 0.1) is 6.92 Å². The van der Waals surface area contributed by atoms with Crippen LogP contribution in [0.4, 0.5) is 0 Å². The van der Waals surface area contributed by atoms with Gasteiger partial charge in [0.2, 0.25) is 5.91 Å². The normalized spacial score (nSPS) is 10.9. The molecule has 0 saturated carbocycles. The van der Waals surface area contributed by atoms with Gasteiger partial charge in [0.05, 0.1) is 19.9 Å². The predicted octanol–water partition coefficient (Wildman–Crippen LogP) is 1.59. The van der Waals surface area contributed by atoms with E-state index in [1.807, 2.05) is 13.0 Å². The molecule has 3 rings (SSSR count). The van der Waals surface area contributed by atoms with Crippen LogP contribution in [0.25, 0.3) is 11.1 Å². The van der Waals surface area contributed by atoms with E-state index in [4.69, 9.17) is 14.0 Å². The van der Waals surface area contributed by atoms with Gasteiger partial charge in [-0.15, -0.1) is 0 Å². The Balaban J connectivity index is 1.79. The van der Waals surface area contributed by atoms with Crippen molar-refractivity contribution in [3.63, 3.8) is 0 Å². The molecular formula is C19H22N4O5. The quantitative estimate of drug-likeness (QED) is 0.657. The summed E-state index contributed by atoms with van der Waals surface area (Å²) in [4.78, 5) is 29.6. The van der Waals surface area contributed by atoms with Gasteiger partial charge in [0.15, 0.2) is 0 Å². The molecule has 0 unspecified atom stereocenters.